The Morgan fingerprint density at radius 2 is 0.892 bits per heavy atom. The Morgan fingerprint density at radius 3 is 1.19 bits per heavy atom. The molecule has 2 aromatic carbocycles. The molecule has 0 heteroatoms. The molecule has 200 valence electrons. The van der Waals surface area contributed by atoms with Crippen molar-refractivity contribution in [3.8, 4) is 0 Å². The fourth-order valence-corrected chi connectivity index (χ4v) is 7.78. The number of allylic oxidation sites excluding steroid dienone is 2. The van der Waals surface area contributed by atoms with Crippen molar-refractivity contribution in [3.63, 3.8) is 0 Å². The van der Waals surface area contributed by atoms with Crippen molar-refractivity contribution in [1.29, 1.82) is 0 Å². The molecule has 0 fully saturated rings. The SMILES string of the molecule is CCc1ccc(CC)c2c1C=C(CC(C)C)C2C(C)(C)C1C(CC(C)C)=Cc2c(CC)ccc(CC)c21. The summed E-state index contributed by atoms with van der Waals surface area (Å²) in [5.74, 6) is 2.25. The second kappa shape index (κ2) is 11.0. The van der Waals surface area contributed by atoms with Crippen LogP contribution in [0, 0.1) is 17.3 Å². The molecule has 2 aliphatic rings. The Hall–Kier alpha value is -2.08. The lowest BCUT2D eigenvalue weighted by molar-refractivity contribution is 0.261. The van der Waals surface area contributed by atoms with Gasteiger partial charge in [-0.05, 0) is 100 Å². The molecule has 2 aliphatic carbocycles. The van der Waals surface area contributed by atoms with Crippen molar-refractivity contribution in [2.24, 2.45) is 17.3 Å². The van der Waals surface area contributed by atoms with E-state index in [9.17, 15) is 0 Å². The maximum atomic E-state index is 2.63. The third kappa shape index (κ3) is 4.91. The normalized spacial score (nSPS) is 18.9. The van der Waals surface area contributed by atoms with E-state index in [2.05, 4.69) is 106 Å². The van der Waals surface area contributed by atoms with Crippen LogP contribution in [-0.4, -0.2) is 0 Å². The molecule has 0 heterocycles. The second-order valence-corrected chi connectivity index (χ2v) is 13.2. The lowest BCUT2D eigenvalue weighted by atomic mass is 9.60. The van der Waals surface area contributed by atoms with E-state index in [1.54, 1.807) is 44.5 Å². The molecule has 0 aliphatic heterocycles. The molecule has 0 spiro atoms. The minimum atomic E-state index is 0.0878. The van der Waals surface area contributed by atoms with Gasteiger partial charge in [-0.15, -0.1) is 0 Å². The molecule has 0 amide bonds. The van der Waals surface area contributed by atoms with Crippen molar-refractivity contribution in [3.05, 3.63) is 79.9 Å². The first-order chi connectivity index (χ1) is 17.6. The van der Waals surface area contributed by atoms with E-state index >= 15 is 0 Å². The molecule has 2 aromatic rings. The predicted molar refractivity (Wildman–Crippen MR) is 165 cm³/mol. The molecule has 37 heavy (non-hydrogen) atoms. The van der Waals surface area contributed by atoms with Crippen LogP contribution in [-0.2, 0) is 25.7 Å². The lowest BCUT2D eigenvalue weighted by Crippen LogP contribution is -2.32. The molecule has 2 unspecified atom stereocenters. The van der Waals surface area contributed by atoms with Crippen LogP contribution in [0.4, 0.5) is 0 Å². The molecule has 2 atom stereocenters. The van der Waals surface area contributed by atoms with Gasteiger partial charge in [0.05, 0.1) is 0 Å². The molecule has 0 saturated heterocycles. The highest BCUT2D eigenvalue weighted by molar-refractivity contribution is 5.75. The number of hydrogen-bond acceptors (Lipinski definition) is 0. The zero-order valence-electron chi connectivity index (χ0n) is 25.5. The number of hydrogen-bond donors (Lipinski definition) is 0. The summed E-state index contributed by atoms with van der Waals surface area (Å²) in [6, 6.07) is 9.72. The van der Waals surface area contributed by atoms with Gasteiger partial charge in [-0.1, -0.05) is 117 Å². The van der Waals surface area contributed by atoms with Gasteiger partial charge >= 0.3 is 0 Å². The fraction of sp³-hybridized carbons (Fsp3) is 0.568. The third-order valence-electron chi connectivity index (χ3n) is 9.21. The molecule has 0 aromatic heterocycles. The van der Waals surface area contributed by atoms with E-state index in [0.717, 1.165) is 25.7 Å². The van der Waals surface area contributed by atoms with Gasteiger partial charge in [0, 0.05) is 11.8 Å². The minimum Gasteiger partial charge on any atom is -0.0625 e. The molecular formula is C37H52. The van der Waals surface area contributed by atoms with Crippen molar-refractivity contribution in [2.75, 3.05) is 0 Å². The summed E-state index contributed by atoms with van der Waals surface area (Å²) in [7, 11) is 0. The smallest absolute Gasteiger partial charge is 0.0120 e. The van der Waals surface area contributed by atoms with Gasteiger partial charge in [-0.3, -0.25) is 0 Å². The minimum absolute atomic E-state index is 0.0878. The van der Waals surface area contributed by atoms with Gasteiger partial charge in [0.25, 0.3) is 0 Å². The first-order valence-corrected chi connectivity index (χ1v) is 15.3. The van der Waals surface area contributed by atoms with Crippen molar-refractivity contribution < 1.29 is 0 Å². The summed E-state index contributed by atoms with van der Waals surface area (Å²) >= 11 is 0. The van der Waals surface area contributed by atoms with Crippen LogP contribution >= 0.6 is 0 Å². The van der Waals surface area contributed by atoms with Crippen LogP contribution in [0.1, 0.15) is 138 Å². The summed E-state index contributed by atoms with van der Waals surface area (Å²) in [5.41, 5.74) is 16.0. The van der Waals surface area contributed by atoms with Gasteiger partial charge in [0.15, 0.2) is 0 Å². The maximum Gasteiger partial charge on any atom is 0.0120 e. The Bertz CT molecular complexity index is 1100. The zero-order chi connectivity index (χ0) is 27.1. The van der Waals surface area contributed by atoms with E-state index < -0.39 is 0 Å². The molecular weight excluding hydrogens is 444 g/mol. The van der Waals surface area contributed by atoms with E-state index in [-0.39, 0.29) is 5.41 Å². The topological polar surface area (TPSA) is 0 Å². The third-order valence-corrected chi connectivity index (χ3v) is 9.21. The van der Waals surface area contributed by atoms with Crippen LogP contribution in [0.5, 0.6) is 0 Å². The van der Waals surface area contributed by atoms with Gasteiger partial charge in [0.1, 0.15) is 0 Å². The van der Waals surface area contributed by atoms with Crippen LogP contribution in [0.2, 0.25) is 0 Å². The van der Waals surface area contributed by atoms with E-state index in [0.29, 0.717) is 23.7 Å². The largest absolute Gasteiger partial charge is 0.0625 e. The highest BCUT2D eigenvalue weighted by Crippen LogP contribution is 2.61. The van der Waals surface area contributed by atoms with E-state index in [1.807, 2.05) is 0 Å². The maximum absolute atomic E-state index is 2.63. The standard InChI is InChI=1S/C37H52/c1-11-25-15-17-27(13-3)33-31(25)21-29(19-23(5)6)35(33)37(9,10)36-30(20-24(7)8)22-32-26(12-2)16-18-28(14-4)34(32)36/h15-18,21-24,35-36H,11-14,19-20H2,1-10H3. The number of rotatable bonds is 10. The summed E-state index contributed by atoms with van der Waals surface area (Å²) in [6.07, 6.45) is 12.1. The van der Waals surface area contributed by atoms with Crippen LogP contribution < -0.4 is 0 Å². The van der Waals surface area contributed by atoms with E-state index in [1.165, 1.54) is 24.0 Å². The Balaban J connectivity index is 1.98. The molecule has 0 radical (unpaired) electrons. The molecule has 0 bridgehead atoms. The number of fused-ring (bicyclic) bond motifs is 2. The van der Waals surface area contributed by atoms with Crippen LogP contribution in [0.15, 0.2) is 35.4 Å². The van der Waals surface area contributed by atoms with Gasteiger partial charge in [-0.25, -0.2) is 0 Å². The van der Waals surface area contributed by atoms with Gasteiger partial charge < -0.3 is 0 Å². The quantitative estimate of drug-likeness (QED) is 0.307. The highest BCUT2D eigenvalue weighted by atomic mass is 14.5. The molecule has 0 saturated carbocycles. The van der Waals surface area contributed by atoms with Crippen molar-refractivity contribution in [1.82, 2.24) is 0 Å². The molecule has 0 N–H and O–H groups in total. The average Bonchev–Trinajstić information content (AvgIpc) is 3.41. The zero-order valence-corrected chi connectivity index (χ0v) is 25.5. The van der Waals surface area contributed by atoms with E-state index in [4.69, 9.17) is 0 Å². The van der Waals surface area contributed by atoms with Crippen LogP contribution in [0.25, 0.3) is 12.2 Å². The number of benzene rings is 2. The summed E-state index contributed by atoms with van der Waals surface area (Å²) in [4.78, 5) is 0. The Kier molecular flexibility index (Phi) is 8.27. The van der Waals surface area contributed by atoms with Crippen LogP contribution in [0.3, 0.4) is 0 Å². The Morgan fingerprint density at radius 1 is 0.568 bits per heavy atom. The van der Waals surface area contributed by atoms with Crippen molar-refractivity contribution in [2.45, 2.75) is 120 Å². The summed E-state index contributed by atoms with van der Waals surface area (Å²) in [6.45, 7) is 24.2. The van der Waals surface area contributed by atoms with Gasteiger partial charge in [0.2, 0.25) is 0 Å². The fourth-order valence-electron chi connectivity index (χ4n) is 7.78. The first-order valence-electron chi connectivity index (χ1n) is 15.3. The monoisotopic (exact) mass is 496 g/mol. The summed E-state index contributed by atoms with van der Waals surface area (Å²) in [5, 5.41) is 0. The van der Waals surface area contributed by atoms with Crippen molar-refractivity contribution >= 4 is 12.2 Å². The van der Waals surface area contributed by atoms with Gasteiger partial charge in [-0.2, -0.15) is 0 Å². The molecule has 4 rings (SSSR count). The highest BCUT2D eigenvalue weighted by Gasteiger charge is 2.48. The predicted octanol–water partition coefficient (Wildman–Crippen LogP) is 10.7. The first kappa shape index (κ1) is 27.9. The summed E-state index contributed by atoms with van der Waals surface area (Å²) < 4.78 is 0. The average molecular weight is 497 g/mol. The second-order valence-electron chi connectivity index (χ2n) is 13.2. The molecule has 0 nitrogen and oxygen atoms in total. The Labute approximate surface area is 228 Å². The number of aryl methyl sites for hydroxylation is 4. The lowest BCUT2D eigenvalue weighted by Gasteiger charge is -2.43.